The predicted octanol–water partition coefficient (Wildman–Crippen LogP) is 2.28. The predicted molar refractivity (Wildman–Crippen MR) is 73.1 cm³/mol. The van der Waals surface area contributed by atoms with Crippen molar-refractivity contribution in [2.24, 2.45) is 0 Å². The van der Waals surface area contributed by atoms with Crippen LogP contribution in [0.4, 0.5) is 5.69 Å². The van der Waals surface area contributed by atoms with E-state index in [1.165, 1.54) is 12.3 Å². The van der Waals surface area contributed by atoms with Gasteiger partial charge in [0.25, 0.3) is 5.91 Å². The zero-order chi connectivity index (χ0) is 14.0. The number of benzene rings is 1. The first-order valence-electron chi connectivity index (χ1n) is 4.88. The van der Waals surface area contributed by atoms with E-state index in [9.17, 15) is 9.59 Å². The number of carbonyl (C=O) groups excluding carboxylic acids is 1. The Kier molecular flexibility index (Phi) is 3.96. The van der Waals surface area contributed by atoms with Gasteiger partial charge in [-0.05, 0) is 28.1 Å². The highest BCUT2D eigenvalue weighted by atomic mass is 79.9. The maximum absolute atomic E-state index is 11.8. The Morgan fingerprint density at radius 3 is 2.63 bits per heavy atom. The zero-order valence-corrected chi connectivity index (χ0v) is 12.3. The molecule has 0 aliphatic heterocycles. The first-order valence-corrected chi connectivity index (χ1v) is 6.47. The molecule has 1 heterocycles. The van der Waals surface area contributed by atoms with E-state index in [1.807, 2.05) is 0 Å². The first-order chi connectivity index (χ1) is 8.99. The number of nitrogens with one attached hydrogen (secondary N) is 2. The molecule has 19 heavy (non-hydrogen) atoms. The molecule has 0 atom stereocenters. The number of halogens is 2. The van der Waals surface area contributed by atoms with Gasteiger partial charge in [-0.3, -0.25) is 4.79 Å². The lowest BCUT2D eigenvalue weighted by Crippen LogP contribution is -2.16. The van der Waals surface area contributed by atoms with Crippen LogP contribution in [0.3, 0.4) is 0 Å². The summed E-state index contributed by atoms with van der Waals surface area (Å²) in [6.45, 7) is 0. The first kappa shape index (κ1) is 13.7. The van der Waals surface area contributed by atoms with Gasteiger partial charge in [-0.15, -0.1) is 0 Å². The zero-order valence-electron chi connectivity index (χ0n) is 9.15. The van der Waals surface area contributed by atoms with Gasteiger partial charge in [0, 0.05) is 8.95 Å². The maximum atomic E-state index is 11.8. The number of carboxylic acid groups (broad SMARTS) is 1. The van der Waals surface area contributed by atoms with Crippen molar-refractivity contribution < 1.29 is 14.7 Å². The Morgan fingerprint density at radius 2 is 2.05 bits per heavy atom. The molecule has 1 amide bonds. The molecule has 0 fully saturated rings. The van der Waals surface area contributed by atoms with Gasteiger partial charge in [0.1, 0.15) is 0 Å². The summed E-state index contributed by atoms with van der Waals surface area (Å²) in [5, 5.41) is 21.0. The number of carbonyl (C=O) groups is 2. The quantitative estimate of drug-likeness (QED) is 0.746. The Hall–Kier alpha value is -1.74. The Labute approximate surface area is 123 Å². The molecule has 98 valence electrons. The minimum atomic E-state index is -1.16. The van der Waals surface area contributed by atoms with Crippen molar-refractivity contribution in [1.29, 1.82) is 0 Å². The number of aromatic carboxylic acids is 1. The number of carboxylic acids is 1. The third-order valence-corrected chi connectivity index (χ3v) is 3.25. The third-order valence-electron chi connectivity index (χ3n) is 2.17. The van der Waals surface area contributed by atoms with Crippen molar-refractivity contribution in [2.75, 3.05) is 5.32 Å². The minimum absolute atomic E-state index is 0.0434. The van der Waals surface area contributed by atoms with Crippen LogP contribution in [0.25, 0.3) is 0 Å². The third kappa shape index (κ3) is 2.99. The fourth-order valence-electron chi connectivity index (χ4n) is 1.36. The van der Waals surface area contributed by atoms with Gasteiger partial charge in [-0.2, -0.15) is 15.4 Å². The van der Waals surface area contributed by atoms with Crippen molar-refractivity contribution in [3.05, 3.63) is 38.5 Å². The second kappa shape index (κ2) is 5.49. The van der Waals surface area contributed by atoms with Gasteiger partial charge < -0.3 is 10.4 Å². The fraction of sp³-hybridized carbons (Fsp3) is 0. The molecular weight excluding hydrogens is 384 g/mol. The summed E-state index contributed by atoms with van der Waals surface area (Å²) in [7, 11) is 0. The number of hydrogen-bond donors (Lipinski definition) is 3. The van der Waals surface area contributed by atoms with Gasteiger partial charge in [-0.1, -0.05) is 15.9 Å². The largest absolute Gasteiger partial charge is 0.478 e. The molecule has 0 saturated carbocycles. The van der Waals surface area contributed by atoms with Crippen LogP contribution in [0.1, 0.15) is 20.8 Å². The molecule has 1 aromatic carbocycles. The number of hydrogen-bond acceptors (Lipinski definition) is 4. The van der Waals surface area contributed by atoms with Crippen LogP contribution in [0.5, 0.6) is 0 Å². The van der Waals surface area contributed by atoms with Crippen molar-refractivity contribution in [2.45, 2.75) is 0 Å². The lowest BCUT2D eigenvalue weighted by atomic mass is 10.1. The average Bonchev–Trinajstić information content (AvgIpc) is 2.85. The number of nitrogens with zero attached hydrogens (tertiary/aromatic N) is 2. The highest BCUT2D eigenvalue weighted by Crippen LogP contribution is 2.31. The van der Waals surface area contributed by atoms with E-state index in [2.05, 4.69) is 52.6 Å². The molecule has 0 bridgehead atoms. The van der Waals surface area contributed by atoms with E-state index in [1.54, 1.807) is 6.07 Å². The SMILES string of the molecule is O=C(Nc1c(Br)cc(Br)cc1C(=O)O)c1cn[nH]n1. The summed E-state index contributed by atoms with van der Waals surface area (Å²) < 4.78 is 1.02. The van der Waals surface area contributed by atoms with E-state index >= 15 is 0 Å². The molecule has 3 N–H and O–H groups in total. The van der Waals surface area contributed by atoms with Crippen LogP contribution in [0.2, 0.25) is 0 Å². The highest BCUT2D eigenvalue weighted by molar-refractivity contribution is 9.11. The average molecular weight is 390 g/mol. The number of anilines is 1. The standard InChI is InChI=1S/C10H6Br2N4O3/c11-4-1-5(10(18)19)8(6(12)2-4)14-9(17)7-3-13-16-15-7/h1-3H,(H,14,17)(H,18,19)(H,13,15,16). The van der Waals surface area contributed by atoms with Crippen molar-refractivity contribution >= 4 is 49.4 Å². The summed E-state index contributed by atoms with van der Waals surface area (Å²) in [6.07, 6.45) is 1.24. The lowest BCUT2D eigenvalue weighted by Gasteiger charge is -2.10. The van der Waals surface area contributed by atoms with Crippen LogP contribution >= 0.6 is 31.9 Å². The van der Waals surface area contributed by atoms with Crippen molar-refractivity contribution in [3.63, 3.8) is 0 Å². The Morgan fingerprint density at radius 1 is 1.32 bits per heavy atom. The number of aromatic nitrogens is 3. The number of aromatic amines is 1. The normalized spacial score (nSPS) is 10.2. The summed E-state index contributed by atoms with van der Waals surface area (Å²) in [6, 6.07) is 3.02. The van der Waals surface area contributed by atoms with E-state index in [4.69, 9.17) is 5.11 Å². The number of amides is 1. The number of rotatable bonds is 3. The smallest absolute Gasteiger partial charge is 0.337 e. The van der Waals surface area contributed by atoms with Crippen molar-refractivity contribution in [1.82, 2.24) is 15.4 Å². The second-order valence-corrected chi connectivity index (χ2v) is 5.19. The topological polar surface area (TPSA) is 108 Å². The molecule has 2 rings (SSSR count). The summed E-state index contributed by atoms with van der Waals surface area (Å²) in [5.41, 5.74) is 0.174. The minimum Gasteiger partial charge on any atom is -0.478 e. The van der Waals surface area contributed by atoms with Gasteiger partial charge in [0.2, 0.25) is 0 Å². The molecule has 2 aromatic rings. The molecule has 1 aromatic heterocycles. The van der Waals surface area contributed by atoms with Gasteiger partial charge >= 0.3 is 5.97 Å². The van der Waals surface area contributed by atoms with Crippen molar-refractivity contribution in [3.8, 4) is 0 Å². The van der Waals surface area contributed by atoms with E-state index < -0.39 is 11.9 Å². The summed E-state index contributed by atoms with van der Waals surface area (Å²) in [5.74, 6) is -1.71. The molecular formula is C10H6Br2N4O3. The summed E-state index contributed by atoms with van der Waals surface area (Å²) >= 11 is 6.39. The van der Waals surface area contributed by atoms with E-state index in [0.717, 1.165) is 0 Å². The Bertz CT molecular complexity index is 642. The van der Waals surface area contributed by atoms with Gasteiger partial charge in [-0.25, -0.2) is 4.79 Å². The van der Waals surface area contributed by atoms with E-state index in [-0.39, 0.29) is 16.9 Å². The molecule has 7 nitrogen and oxygen atoms in total. The molecule has 9 heteroatoms. The molecule has 0 saturated heterocycles. The molecule has 0 aliphatic carbocycles. The fourth-order valence-corrected chi connectivity index (χ4v) is 2.68. The maximum Gasteiger partial charge on any atom is 0.337 e. The molecule has 0 radical (unpaired) electrons. The number of H-pyrrole nitrogens is 1. The lowest BCUT2D eigenvalue weighted by molar-refractivity contribution is 0.0698. The van der Waals surface area contributed by atoms with Gasteiger partial charge in [0.15, 0.2) is 5.69 Å². The summed E-state index contributed by atoms with van der Waals surface area (Å²) in [4.78, 5) is 23.0. The monoisotopic (exact) mass is 388 g/mol. The van der Waals surface area contributed by atoms with E-state index in [0.29, 0.717) is 8.95 Å². The molecule has 0 aliphatic rings. The molecule has 0 spiro atoms. The highest BCUT2D eigenvalue weighted by Gasteiger charge is 2.18. The van der Waals surface area contributed by atoms with Crippen LogP contribution in [0.15, 0.2) is 27.3 Å². The van der Waals surface area contributed by atoms with Crippen LogP contribution < -0.4 is 5.32 Å². The van der Waals surface area contributed by atoms with Gasteiger partial charge in [0.05, 0.1) is 17.4 Å². The van der Waals surface area contributed by atoms with Crippen LogP contribution in [-0.2, 0) is 0 Å². The second-order valence-electron chi connectivity index (χ2n) is 3.42. The van der Waals surface area contributed by atoms with Crippen LogP contribution in [0, 0.1) is 0 Å². The Balaban J connectivity index is 2.39. The molecule has 0 unspecified atom stereocenters. The van der Waals surface area contributed by atoms with Crippen LogP contribution in [-0.4, -0.2) is 32.4 Å².